The van der Waals surface area contributed by atoms with Crippen molar-refractivity contribution in [3.63, 3.8) is 0 Å². The summed E-state index contributed by atoms with van der Waals surface area (Å²) in [7, 11) is 3.70. The van der Waals surface area contributed by atoms with Crippen molar-refractivity contribution in [2.75, 3.05) is 20.3 Å². The van der Waals surface area contributed by atoms with Gasteiger partial charge in [-0.25, -0.2) is 0 Å². The molecule has 2 aromatic rings. The average molecular weight is 329 g/mol. The van der Waals surface area contributed by atoms with Crippen molar-refractivity contribution in [3.05, 3.63) is 46.8 Å². The largest absolute Gasteiger partial charge is 0.497 e. The van der Waals surface area contributed by atoms with Gasteiger partial charge in [0.25, 0.3) is 0 Å². The molecular weight excluding hydrogens is 302 g/mol. The molecule has 2 heterocycles. The van der Waals surface area contributed by atoms with Crippen LogP contribution in [0.25, 0.3) is 0 Å². The lowest BCUT2D eigenvalue weighted by atomic mass is 9.94. The number of rotatable bonds is 6. The van der Waals surface area contributed by atoms with E-state index < -0.39 is 0 Å². The highest BCUT2D eigenvalue weighted by molar-refractivity contribution is 5.29. The van der Waals surface area contributed by atoms with Crippen molar-refractivity contribution in [1.82, 2.24) is 15.1 Å². The molecule has 1 aromatic heterocycles. The van der Waals surface area contributed by atoms with Crippen molar-refractivity contribution in [3.8, 4) is 5.75 Å². The van der Waals surface area contributed by atoms with Gasteiger partial charge < -0.3 is 14.8 Å². The zero-order chi connectivity index (χ0) is 17.1. The van der Waals surface area contributed by atoms with Crippen molar-refractivity contribution in [2.45, 2.75) is 32.9 Å². The van der Waals surface area contributed by atoms with Crippen LogP contribution < -0.4 is 10.1 Å². The fourth-order valence-corrected chi connectivity index (χ4v) is 3.55. The molecule has 3 rings (SSSR count). The number of aromatic nitrogens is 2. The number of benzene rings is 1. The van der Waals surface area contributed by atoms with Gasteiger partial charge in [0.15, 0.2) is 0 Å². The Balaban J connectivity index is 1.62. The Bertz CT molecular complexity index is 696. The first kappa shape index (κ1) is 17.0. The molecule has 0 amide bonds. The Morgan fingerprint density at radius 2 is 2.21 bits per heavy atom. The summed E-state index contributed by atoms with van der Waals surface area (Å²) in [5, 5.41) is 8.12. The van der Waals surface area contributed by atoms with Crippen LogP contribution in [0.4, 0.5) is 0 Å². The van der Waals surface area contributed by atoms with E-state index in [1.807, 2.05) is 23.9 Å². The first-order chi connectivity index (χ1) is 11.6. The number of hydrogen-bond donors (Lipinski definition) is 1. The maximum atomic E-state index is 6.05. The van der Waals surface area contributed by atoms with Crippen molar-refractivity contribution in [1.29, 1.82) is 0 Å². The highest BCUT2D eigenvalue weighted by Crippen LogP contribution is 2.37. The summed E-state index contributed by atoms with van der Waals surface area (Å²) in [5.74, 6) is 1.38. The number of nitrogens with zero attached hydrogens (tertiary/aromatic N) is 2. The lowest BCUT2D eigenvalue weighted by molar-refractivity contribution is 0.0893. The number of hydrogen-bond acceptors (Lipinski definition) is 4. The highest BCUT2D eigenvalue weighted by Gasteiger charge is 2.33. The maximum Gasteiger partial charge on any atom is 0.119 e. The van der Waals surface area contributed by atoms with Crippen molar-refractivity contribution >= 4 is 0 Å². The van der Waals surface area contributed by atoms with E-state index in [4.69, 9.17) is 9.47 Å². The standard InChI is InChI=1S/C19H27N3O2/c1-13-18(14(2)22(3)21-13)19-16(8-9-24-19)12-20-11-15-6-5-7-17(10-15)23-4/h5-7,10,16,19-20H,8-9,11-12H2,1-4H3/t16-,19+/m0/s1. The Morgan fingerprint density at radius 3 is 2.92 bits per heavy atom. The minimum atomic E-state index is 0.150. The molecule has 130 valence electrons. The van der Waals surface area contributed by atoms with E-state index >= 15 is 0 Å². The minimum Gasteiger partial charge on any atom is -0.497 e. The molecule has 1 aliphatic heterocycles. The van der Waals surface area contributed by atoms with Gasteiger partial charge in [0.05, 0.1) is 18.9 Å². The van der Waals surface area contributed by atoms with Gasteiger partial charge in [-0.05, 0) is 38.0 Å². The molecule has 24 heavy (non-hydrogen) atoms. The summed E-state index contributed by atoms with van der Waals surface area (Å²) in [4.78, 5) is 0. The van der Waals surface area contributed by atoms with E-state index in [1.165, 1.54) is 16.8 Å². The first-order valence-electron chi connectivity index (χ1n) is 8.55. The van der Waals surface area contributed by atoms with Gasteiger partial charge in [0, 0.05) is 43.9 Å². The lowest BCUT2D eigenvalue weighted by Gasteiger charge is -2.20. The second kappa shape index (κ2) is 7.36. The summed E-state index contributed by atoms with van der Waals surface area (Å²) in [6, 6.07) is 8.19. The van der Waals surface area contributed by atoms with Gasteiger partial charge >= 0.3 is 0 Å². The topological polar surface area (TPSA) is 48.3 Å². The average Bonchev–Trinajstić information content (AvgIpc) is 3.12. The molecule has 0 radical (unpaired) electrons. The molecule has 1 saturated heterocycles. The van der Waals surface area contributed by atoms with Gasteiger partial charge in [0.1, 0.15) is 5.75 Å². The number of methoxy groups -OCH3 is 1. The summed E-state index contributed by atoms with van der Waals surface area (Å²) >= 11 is 0. The smallest absolute Gasteiger partial charge is 0.119 e. The summed E-state index contributed by atoms with van der Waals surface area (Å²) in [6.45, 7) is 6.80. The fourth-order valence-electron chi connectivity index (χ4n) is 3.55. The molecule has 0 unspecified atom stereocenters. The van der Waals surface area contributed by atoms with Crippen molar-refractivity contribution < 1.29 is 9.47 Å². The molecule has 1 N–H and O–H groups in total. The molecule has 1 aromatic carbocycles. The van der Waals surface area contributed by atoms with Crippen LogP contribution >= 0.6 is 0 Å². The van der Waals surface area contributed by atoms with Crippen LogP contribution in [0, 0.1) is 19.8 Å². The summed E-state index contributed by atoms with van der Waals surface area (Å²) < 4.78 is 13.3. The fraction of sp³-hybridized carbons (Fsp3) is 0.526. The predicted molar refractivity (Wildman–Crippen MR) is 94.2 cm³/mol. The van der Waals surface area contributed by atoms with Gasteiger partial charge in [-0.1, -0.05) is 12.1 Å². The van der Waals surface area contributed by atoms with Crippen molar-refractivity contribution in [2.24, 2.45) is 13.0 Å². The van der Waals surface area contributed by atoms with E-state index in [-0.39, 0.29) is 6.10 Å². The zero-order valence-corrected chi connectivity index (χ0v) is 15.0. The molecule has 0 saturated carbocycles. The molecule has 0 spiro atoms. The molecule has 1 aliphatic rings. The Kier molecular flexibility index (Phi) is 5.21. The third kappa shape index (κ3) is 3.47. The van der Waals surface area contributed by atoms with Gasteiger partial charge in [-0.2, -0.15) is 5.10 Å². The molecule has 0 bridgehead atoms. The summed E-state index contributed by atoms with van der Waals surface area (Å²) in [5.41, 5.74) is 4.79. The molecular formula is C19H27N3O2. The van der Waals surface area contributed by atoms with Gasteiger partial charge in [0.2, 0.25) is 0 Å². The maximum absolute atomic E-state index is 6.05. The van der Waals surface area contributed by atoms with Crippen LogP contribution in [0.15, 0.2) is 24.3 Å². The lowest BCUT2D eigenvalue weighted by Crippen LogP contribution is -2.25. The van der Waals surface area contributed by atoms with Crippen LogP contribution in [0.3, 0.4) is 0 Å². The second-order valence-corrected chi connectivity index (χ2v) is 6.53. The number of aryl methyl sites for hydroxylation is 2. The van der Waals surface area contributed by atoms with E-state index in [0.717, 1.165) is 37.6 Å². The SMILES string of the molecule is COc1cccc(CNC[C@@H]2CCO[C@H]2c2c(C)nn(C)c2C)c1. The normalized spacial score (nSPS) is 20.5. The third-order valence-corrected chi connectivity index (χ3v) is 4.93. The molecule has 2 atom stereocenters. The molecule has 1 fully saturated rings. The van der Waals surface area contributed by atoms with Crippen LogP contribution in [-0.4, -0.2) is 30.0 Å². The third-order valence-electron chi connectivity index (χ3n) is 4.93. The Labute approximate surface area is 144 Å². The quantitative estimate of drug-likeness (QED) is 0.885. The van der Waals surface area contributed by atoms with Crippen LogP contribution in [0.2, 0.25) is 0 Å². The Morgan fingerprint density at radius 1 is 1.38 bits per heavy atom. The zero-order valence-electron chi connectivity index (χ0n) is 15.0. The van der Waals surface area contributed by atoms with E-state index in [0.29, 0.717) is 5.92 Å². The minimum absolute atomic E-state index is 0.150. The molecule has 5 nitrogen and oxygen atoms in total. The first-order valence-corrected chi connectivity index (χ1v) is 8.55. The molecule has 5 heteroatoms. The van der Waals surface area contributed by atoms with Gasteiger partial charge in [-0.15, -0.1) is 0 Å². The van der Waals surface area contributed by atoms with Crippen LogP contribution in [-0.2, 0) is 18.3 Å². The monoisotopic (exact) mass is 329 g/mol. The second-order valence-electron chi connectivity index (χ2n) is 6.53. The van der Waals surface area contributed by atoms with Crippen LogP contribution in [0.5, 0.6) is 5.75 Å². The van der Waals surface area contributed by atoms with Crippen LogP contribution in [0.1, 0.15) is 35.0 Å². The van der Waals surface area contributed by atoms with E-state index in [2.05, 4.69) is 36.4 Å². The number of nitrogens with one attached hydrogen (secondary N) is 1. The predicted octanol–water partition coefficient (Wildman–Crippen LogP) is 2.91. The highest BCUT2D eigenvalue weighted by atomic mass is 16.5. The Hall–Kier alpha value is -1.85. The number of ether oxygens (including phenoxy) is 2. The molecule has 0 aliphatic carbocycles. The summed E-state index contributed by atoms with van der Waals surface area (Å²) in [6.07, 6.45) is 1.24. The van der Waals surface area contributed by atoms with E-state index in [9.17, 15) is 0 Å². The van der Waals surface area contributed by atoms with E-state index in [1.54, 1.807) is 7.11 Å². The van der Waals surface area contributed by atoms with Gasteiger partial charge in [-0.3, -0.25) is 4.68 Å².